The number of nitrogens with zero attached hydrogens (tertiary/aromatic N) is 1. The van der Waals surface area contributed by atoms with Crippen molar-refractivity contribution in [3.05, 3.63) is 23.9 Å². The van der Waals surface area contributed by atoms with Crippen LogP contribution in [0.25, 0.3) is 0 Å². The van der Waals surface area contributed by atoms with E-state index in [0.717, 1.165) is 0 Å². The van der Waals surface area contributed by atoms with Gasteiger partial charge in [-0.25, -0.2) is 4.98 Å². The monoisotopic (exact) mass is 256 g/mol. The number of hydrogen-bond acceptors (Lipinski definition) is 3. The fourth-order valence-electron chi connectivity index (χ4n) is 3.12. The minimum absolute atomic E-state index is 0.0921. The zero-order valence-corrected chi connectivity index (χ0v) is 10.6. The fraction of sp³-hybridized carbons (Fsp3) is 0.467. The molecule has 0 aliphatic heterocycles. The van der Waals surface area contributed by atoms with E-state index in [1.165, 1.54) is 19.3 Å². The second-order valence-corrected chi connectivity index (χ2v) is 5.14. The Morgan fingerprint density at radius 1 is 1.42 bits per heavy atom. The lowest BCUT2D eigenvalue weighted by Crippen LogP contribution is -2.17. The smallest absolute Gasteiger partial charge is 0.229 e. The van der Waals surface area contributed by atoms with Crippen LogP contribution in [0.4, 0.5) is 5.82 Å². The van der Waals surface area contributed by atoms with E-state index in [1.54, 1.807) is 18.2 Å². The molecule has 2 aliphatic rings. The molecule has 2 saturated carbocycles. The van der Waals surface area contributed by atoms with Crippen molar-refractivity contribution in [3.8, 4) is 11.8 Å². The van der Waals surface area contributed by atoms with Crippen molar-refractivity contribution in [1.29, 1.82) is 0 Å². The number of carbonyl (C=O) groups is 1. The van der Waals surface area contributed by atoms with Crippen LogP contribution in [0.5, 0.6) is 0 Å². The number of carbonyl (C=O) groups excluding carboxylic acids is 1. The Bertz CT molecular complexity index is 549. The molecule has 0 bridgehead atoms. The second kappa shape index (κ2) is 5.02. The fourth-order valence-corrected chi connectivity index (χ4v) is 3.12. The molecule has 3 rings (SSSR count). The molecular formula is C15H16N2O2. The molecule has 98 valence electrons. The molecular weight excluding hydrogens is 240 g/mol. The number of nitrogens with one attached hydrogen (secondary N) is 1. The van der Waals surface area contributed by atoms with E-state index in [1.807, 2.05) is 0 Å². The van der Waals surface area contributed by atoms with Crippen molar-refractivity contribution in [3.63, 3.8) is 0 Å². The molecule has 19 heavy (non-hydrogen) atoms. The number of aromatic nitrogens is 1. The van der Waals surface area contributed by atoms with Crippen molar-refractivity contribution in [1.82, 2.24) is 4.98 Å². The summed E-state index contributed by atoms with van der Waals surface area (Å²) < 4.78 is 0. The van der Waals surface area contributed by atoms with E-state index < -0.39 is 0 Å². The first-order chi connectivity index (χ1) is 9.29. The predicted molar refractivity (Wildman–Crippen MR) is 71.2 cm³/mol. The number of aliphatic hydroxyl groups is 1. The van der Waals surface area contributed by atoms with E-state index in [-0.39, 0.29) is 18.4 Å². The highest BCUT2D eigenvalue weighted by molar-refractivity contribution is 5.94. The number of anilines is 1. The van der Waals surface area contributed by atoms with Gasteiger partial charge in [0.1, 0.15) is 18.1 Å². The highest BCUT2D eigenvalue weighted by atomic mass is 16.2. The molecule has 4 nitrogen and oxygen atoms in total. The third kappa shape index (κ3) is 2.47. The van der Waals surface area contributed by atoms with Crippen LogP contribution in [0.3, 0.4) is 0 Å². The van der Waals surface area contributed by atoms with Gasteiger partial charge in [-0.2, -0.15) is 0 Å². The standard InChI is InChI=1S/C15H16N2O2/c18-9-3-5-10-4-1-8-13(16-10)17-15(19)14-11-6-2-7-12(11)14/h1,4,8,11-12,14,18H,2,6-7,9H2,(H,16,17,19). The summed E-state index contributed by atoms with van der Waals surface area (Å²) in [4.78, 5) is 16.3. The van der Waals surface area contributed by atoms with Gasteiger partial charge < -0.3 is 10.4 Å². The van der Waals surface area contributed by atoms with Crippen molar-refractivity contribution >= 4 is 11.7 Å². The highest BCUT2D eigenvalue weighted by Crippen LogP contribution is 2.57. The van der Waals surface area contributed by atoms with Crippen molar-refractivity contribution < 1.29 is 9.90 Å². The number of rotatable bonds is 2. The van der Waals surface area contributed by atoms with E-state index in [0.29, 0.717) is 23.3 Å². The first-order valence-corrected chi connectivity index (χ1v) is 6.67. The number of hydrogen-bond donors (Lipinski definition) is 2. The molecule has 2 N–H and O–H groups in total. The number of amides is 1. The maximum atomic E-state index is 12.1. The van der Waals surface area contributed by atoms with E-state index in [9.17, 15) is 4.79 Å². The molecule has 2 aliphatic carbocycles. The Labute approximate surface area is 112 Å². The summed E-state index contributed by atoms with van der Waals surface area (Å²) in [6.07, 6.45) is 3.65. The first-order valence-electron chi connectivity index (χ1n) is 6.67. The number of aliphatic hydroxyl groups excluding tert-OH is 1. The van der Waals surface area contributed by atoms with E-state index in [2.05, 4.69) is 22.1 Å². The van der Waals surface area contributed by atoms with Gasteiger partial charge >= 0.3 is 0 Å². The molecule has 0 saturated heterocycles. The molecule has 4 heteroatoms. The van der Waals surface area contributed by atoms with Gasteiger partial charge in [0.25, 0.3) is 0 Å². The Kier molecular flexibility index (Phi) is 3.22. The zero-order chi connectivity index (χ0) is 13.2. The van der Waals surface area contributed by atoms with Gasteiger partial charge in [-0.05, 0) is 42.7 Å². The SMILES string of the molecule is O=C(Nc1cccc(C#CCO)n1)C1C2CCCC21. The Balaban J connectivity index is 1.65. The van der Waals surface area contributed by atoms with Crippen LogP contribution in [0.1, 0.15) is 25.0 Å². The third-order valence-electron chi connectivity index (χ3n) is 4.01. The van der Waals surface area contributed by atoms with E-state index >= 15 is 0 Å². The number of fused-ring (bicyclic) bond motifs is 1. The van der Waals surface area contributed by atoms with Crippen LogP contribution in [-0.4, -0.2) is 22.6 Å². The quantitative estimate of drug-likeness (QED) is 0.786. The number of pyridine rings is 1. The van der Waals surface area contributed by atoms with Crippen LogP contribution in [-0.2, 0) is 4.79 Å². The van der Waals surface area contributed by atoms with Crippen molar-refractivity contribution in [2.24, 2.45) is 17.8 Å². The summed E-state index contributed by atoms with van der Waals surface area (Å²) in [5.74, 6) is 7.32. The molecule has 1 aromatic rings. The summed E-state index contributed by atoms with van der Waals surface area (Å²) in [6.45, 7) is -0.191. The maximum Gasteiger partial charge on any atom is 0.229 e. The Morgan fingerprint density at radius 3 is 2.95 bits per heavy atom. The molecule has 2 unspecified atom stereocenters. The lowest BCUT2D eigenvalue weighted by molar-refractivity contribution is -0.118. The Morgan fingerprint density at radius 2 is 2.21 bits per heavy atom. The molecule has 1 heterocycles. The molecule has 0 radical (unpaired) electrons. The minimum Gasteiger partial charge on any atom is -0.384 e. The van der Waals surface area contributed by atoms with Crippen LogP contribution in [0.15, 0.2) is 18.2 Å². The maximum absolute atomic E-state index is 12.1. The highest BCUT2D eigenvalue weighted by Gasteiger charge is 2.56. The summed E-state index contributed by atoms with van der Waals surface area (Å²) in [6, 6.07) is 5.32. The van der Waals surface area contributed by atoms with Crippen molar-refractivity contribution in [2.45, 2.75) is 19.3 Å². The molecule has 2 fully saturated rings. The minimum atomic E-state index is -0.191. The second-order valence-electron chi connectivity index (χ2n) is 5.14. The van der Waals surface area contributed by atoms with Crippen LogP contribution in [0, 0.1) is 29.6 Å². The van der Waals surface area contributed by atoms with Crippen LogP contribution >= 0.6 is 0 Å². The Hall–Kier alpha value is -1.86. The predicted octanol–water partition coefficient (Wildman–Crippen LogP) is 1.41. The average Bonchev–Trinajstić information content (AvgIpc) is 2.91. The van der Waals surface area contributed by atoms with Gasteiger partial charge in [-0.3, -0.25) is 4.79 Å². The molecule has 0 spiro atoms. The van der Waals surface area contributed by atoms with Crippen molar-refractivity contribution in [2.75, 3.05) is 11.9 Å². The third-order valence-corrected chi connectivity index (χ3v) is 4.01. The zero-order valence-electron chi connectivity index (χ0n) is 10.6. The molecule has 0 aromatic carbocycles. The van der Waals surface area contributed by atoms with Gasteiger partial charge in [0.2, 0.25) is 5.91 Å². The summed E-state index contributed by atoms with van der Waals surface area (Å²) in [7, 11) is 0. The van der Waals surface area contributed by atoms with Gasteiger partial charge in [-0.15, -0.1) is 0 Å². The summed E-state index contributed by atoms with van der Waals surface area (Å²) >= 11 is 0. The van der Waals surface area contributed by atoms with Gasteiger partial charge in [0, 0.05) is 5.92 Å². The van der Waals surface area contributed by atoms with Crippen LogP contribution in [0.2, 0.25) is 0 Å². The van der Waals surface area contributed by atoms with Gasteiger partial charge in [0.05, 0.1) is 0 Å². The van der Waals surface area contributed by atoms with Crippen LogP contribution < -0.4 is 5.32 Å². The summed E-state index contributed by atoms with van der Waals surface area (Å²) in [5.41, 5.74) is 0.558. The van der Waals surface area contributed by atoms with E-state index in [4.69, 9.17) is 5.11 Å². The lowest BCUT2D eigenvalue weighted by Gasteiger charge is -2.05. The summed E-state index contributed by atoms with van der Waals surface area (Å²) in [5, 5.41) is 11.5. The first kappa shape index (κ1) is 12.2. The lowest BCUT2D eigenvalue weighted by atomic mass is 10.1. The van der Waals surface area contributed by atoms with Gasteiger partial charge in [-0.1, -0.05) is 18.4 Å². The molecule has 2 atom stereocenters. The molecule has 1 aromatic heterocycles. The topological polar surface area (TPSA) is 62.2 Å². The normalized spacial score (nSPS) is 27.1. The largest absolute Gasteiger partial charge is 0.384 e. The average molecular weight is 256 g/mol. The van der Waals surface area contributed by atoms with Gasteiger partial charge in [0.15, 0.2) is 0 Å². The molecule has 1 amide bonds.